The van der Waals surface area contributed by atoms with Crippen molar-refractivity contribution in [2.24, 2.45) is 17.8 Å². The van der Waals surface area contributed by atoms with E-state index < -0.39 is 11.9 Å². The largest absolute Gasteiger partial charge is 0.433 e. The minimum absolute atomic E-state index is 0.173. The Balaban J connectivity index is 1.73. The Bertz CT molecular complexity index is 835. The first-order valence-electron chi connectivity index (χ1n) is 8.89. The molecular weight excluding hydrogens is 395 g/mol. The van der Waals surface area contributed by atoms with Gasteiger partial charge in [0.2, 0.25) is 0 Å². The molecule has 134 valence electrons. The van der Waals surface area contributed by atoms with E-state index in [0.29, 0.717) is 33.6 Å². The van der Waals surface area contributed by atoms with Crippen LogP contribution in [-0.4, -0.2) is 14.6 Å². The van der Waals surface area contributed by atoms with E-state index in [-0.39, 0.29) is 11.1 Å². The number of aromatic nitrogens is 3. The normalized spacial score (nSPS) is 34.2. The van der Waals surface area contributed by atoms with Crippen molar-refractivity contribution in [1.29, 1.82) is 0 Å². The van der Waals surface area contributed by atoms with Gasteiger partial charge in [-0.25, -0.2) is 9.50 Å². The molecule has 4 fully saturated rings. The highest BCUT2D eigenvalue weighted by molar-refractivity contribution is 9.10. The average Bonchev–Trinajstić information content (AvgIpc) is 2.79. The molecule has 2 aromatic heterocycles. The maximum absolute atomic E-state index is 13.7. The lowest BCUT2D eigenvalue weighted by Gasteiger charge is -2.56. The summed E-state index contributed by atoms with van der Waals surface area (Å²) in [5.41, 5.74) is 0.566. The van der Waals surface area contributed by atoms with Gasteiger partial charge in [-0.3, -0.25) is 0 Å². The molecule has 0 amide bonds. The van der Waals surface area contributed by atoms with E-state index in [9.17, 15) is 13.2 Å². The van der Waals surface area contributed by atoms with Crippen molar-refractivity contribution in [2.45, 2.75) is 57.0 Å². The highest BCUT2D eigenvalue weighted by Crippen LogP contribution is 2.60. The molecule has 25 heavy (non-hydrogen) atoms. The summed E-state index contributed by atoms with van der Waals surface area (Å²) in [6.07, 6.45) is 2.28. The molecule has 4 bridgehead atoms. The van der Waals surface area contributed by atoms with E-state index in [1.807, 2.05) is 0 Å². The zero-order chi connectivity index (χ0) is 17.6. The fraction of sp³-hybridized carbons (Fsp3) is 0.667. The van der Waals surface area contributed by atoms with Crippen LogP contribution in [0.4, 0.5) is 13.2 Å². The smallest absolute Gasteiger partial charge is 0.232 e. The predicted octanol–water partition coefficient (Wildman–Crippen LogP) is 5.29. The maximum atomic E-state index is 13.7. The van der Waals surface area contributed by atoms with E-state index in [4.69, 9.17) is 4.98 Å². The molecule has 4 aliphatic carbocycles. The van der Waals surface area contributed by atoms with E-state index in [0.717, 1.165) is 23.8 Å². The summed E-state index contributed by atoms with van der Waals surface area (Å²) < 4.78 is 42.6. The highest BCUT2D eigenvalue weighted by Gasteiger charge is 2.53. The van der Waals surface area contributed by atoms with Gasteiger partial charge in [0.1, 0.15) is 5.69 Å². The maximum Gasteiger partial charge on any atom is 0.433 e. The Kier molecular flexibility index (Phi) is 3.21. The number of halogens is 4. The molecule has 0 aliphatic heterocycles. The van der Waals surface area contributed by atoms with Crippen LogP contribution >= 0.6 is 15.9 Å². The first-order valence-corrected chi connectivity index (χ1v) is 9.68. The lowest BCUT2D eigenvalue weighted by molar-refractivity contribution is -0.142. The SMILES string of the molecule is Cc1nn2c(C(F)(F)F)cc(C34CC5CC(CC(C5)C3)C4)nc2c1Br. The molecule has 6 rings (SSSR count). The topological polar surface area (TPSA) is 30.2 Å². The van der Waals surface area contributed by atoms with Crippen LogP contribution in [0.5, 0.6) is 0 Å². The standard InChI is InChI=1S/C18H19BrF3N3/c1-9-15(19)16-23-13(5-14(18(20,21)22)25(16)24-9)17-6-10-2-11(7-17)4-12(3-10)8-17/h5,10-12H,2-4,6-8H2,1H3. The third kappa shape index (κ3) is 2.30. The third-order valence-corrected chi connectivity index (χ3v) is 7.49. The van der Waals surface area contributed by atoms with E-state index >= 15 is 0 Å². The van der Waals surface area contributed by atoms with Crippen LogP contribution in [0.25, 0.3) is 5.65 Å². The van der Waals surface area contributed by atoms with Crippen molar-refractivity contribution in [1.82, 2.24) is 14.6 Å². The molecule has 3 nitrogen and oxygen atoms in total. The molecule has 7 heteroatoms. The lowest BCUT2D eigenvalue weighted by atomic mass is 9.49. The number of fused-ring (bicyclic) bond motifs is 1. The molecule has 0 unspecified atom stereocenters. The molecule has 4 saturated carbocycles. The van der Waals surface area contributed by atoms with Gasteiger partial charge in [0, 0.05) is 5.41 Å². The van der Waals surface area contributed by atoms with Gasteiger partial charge in [0.25, 0.3) is 0 Å². The molecule has 0 aromatic carbocycles. The molecule has 0 atom stereocenters. The van der Waals surface area contributed by atoms with Crippen LogP contribution < -0.4 is 0 Å². The van der Waals surface area contributed by atoms with Crippen molar-refractivity contribution in [3.05, 3.63) is 27.6 Å². The Morgan fingerprint density at radius 3 is 2.20 bits per heavy atom. The number of alkyl halides is 3. The second kappa shape index (κ2) is 4.99. The minimum Gasteiger partial charge on any atom is -0.232 e. The first-order chi connectivity index (χ1) is 11.7. The van der Waals surface area contributed by atoms with Gasteiger partial charge in [-0.1, -0.05) is 0 Å². The molecule has 0 radical (unpaired) electrons. The van der Waals surface area contributed by atoms with Gasteiger partial charge in [-0.15, -0.1) is 0 Å². The molecule has 2 heterocycles. The molecule has 4 aliphatic rings. The molecule has 0 spiro atoms. The summed E-state index contributed by atoms with van der Waals surface area (Å²) in [4.78, 5) is 4.71. The summed E-state index contributed by atoms with van der Waals surface area (Å²) in [5, 5.41) is 4.05. The predicted molar refractivity (Wildman–Crippen MR) is 90.3 cm³/mol. The van der Waals surface area contributed by atoms with Gasteiger partial charge in [0.05, 0.1) is 15.9 Å². The summed E-state index contributed by atoms with van der Waals surface area (Å²) >= 11 is 3.38. The summed E-state index contributed by atoms with van der Waals surface area (Å²) in [6, 6.07) is 1.28. The number of hydrogen-bond donors (Lipinski definition) is 0. The van der Waals surface area contributed by atoms with Crippen LogP contribution in [0.2, 0.25) is 0 Å². The molecule has 0 N–H and O–H groups in total. The van der Waals surface area contributed by atoms with Gasteiger partial charge in [-0.2, -0.15) is 18.3 Å². The van der Waals surface area contributed by atoms with Gasteiger partial charge < -0.3 is 0 Å². The van der Waals surface area contributed by atoms with Crippen LogP contribution in [0.1, 0.15) is 55.6 Å². The van der Waals surface area contributed by atoms with Crippen molar-refractivity contribution >= 4 is 21.6 Å². The molecule has 2 aromatic rings. The Morgan fingerprint density at radius 2 is 1.68 bits per heavy atom. The monoisotopic (exact) mass is 413 g/mol. The second-order valence-corrected chi connectivity index (χ2v) is 9.15. The highest BCUT2D eigenvalue weighted by atomic mass is 79.9. The quantitative estimate of drug-likeness (QED) is 0.635. The Hall–Kier alpha value is -1.11. The fourth-order valence-corrected chi connectivity index (χ4v) is 6.33. The summed E-state index contributed by atoms with van der Waals surface area (Å²) in [5.74, 6) is 1.98. The fourth-order valence-electron chi connectivity index (χ4n) is 6.00. The number of aryl methyl sites for hydroxylation is 1. The van der Waals surface area contributed by atoms with E-state index in [1.54, 1.807) is 6.92 Å². The van der Waals surface area contributed by atoms with Crippen LogP contribution in [0.15, 0.2) is 10.5 Å². The number of nitrogens with zero attached hydrogens (tertiary/aromatic N) is 3. The van der Waals surface area contributed by atoms with Crippen LogP contribution in [0.3, 0.4) is 0 Å². The minimum atomic E-state index is -4.45. The van der Waals surface area contributed by atoms with Gasteiger partial charge >= 0.3 is 6.18 Å². The average molecular weight is 414 g/mol. The van der Waals surface area contributed by atoms with Gasteiger partial charge in [0.15, 0.2) is 5.65 Å². The van der Waals surface area contributed by atoms with Crippen molar-refractivity contribution in [3.63, 3.8) is 0 Å². The summed E-state index contributed by atoms with van der Waals surface area (Å²) in [7, 11) is 0. The Morgan fingerprint density at radius 1 is 1.12 bits per heavy atom. The van der Waals surface area contributed by atoms with E-state index in [1.165, 1.54) is 25.3 Å². The lowest BCUT2D eigenvalue weighted by Crippen LogP contribution is -2.49. The van der Waals surface area contributed by atoms with Gasteiger partial charge in [-0.05, 0) is 85.2 Å². The number of hydrogen-bond acceptors (Lipinski definition) is 2. The van der Waals surface area contributed by atoms with E-state index in [2.05, 4.69) is 21.0 Å². The zero-order valence-corrected chi connectivity index (χ0v) is 15.5. The zero-order valence-electron chi connectivity index (χ0n) is 13.9. The van der Waals surface area contributed by atoms with Crippen molar-refractivity contribution in [3.8, 4) is 0 Å². The van der Waals surface area contributed by atoms with Crippen LogP contribution in [-0.2, 0) is 11.6 Å². The first kappa shape index (κ1) is 16.1. The molecule has 0 saturated heterocycles. The third-order valence-electron chi connectivity index (χ3n) is 6.56. The van der Waals surface area contributed by atoms with Crippen LogP contribution in [0, 0.1) is 24.7 Å². The Labute approximate surface area is 152 Å². The summed E-state index contributed by atoms with van der Waals surface area (Å²) in [6.45, 7) is 1.70. The van der Waals surface area contributed by atoms with Crippen molar-refractivity contribution in [2.75, 3.05) is 0 Å². The van der Waals surface area contributed by atoms with Crippen molar-refractivity contribution < 1.29 is 13.2 Å². The number of rotatable bonds is 1. The second-order valence-electron chi connectivity index (χ2n) is 8.36. The molecular formula is C18H19BrF3N3.